The standard InChI is InChI=1S/C18H27N3O2/c22-18(11-16-14-23-10-8-19-16)20-12-17-7-4-9-21(17)13-15-5-2-1-3-6-15/h1-3,5-6,16-17,19H,4,7-14H2,(H,20,22). The quantitative estimate of drug-likeness (QED) is 0.826. The molecule has 1 aromatic carbocycles. The highest BCUT2D eigenvalue weighted by molar-refractivity contribution is 5.76. The van der Waals surface area contributed by atoms with Gasteiger partial charge in [-0.3, -0.25) is 9.69 Å². The van der Waals surface area contributed by atoms with Crippen molar-refractivity contribution < 1.29 is 9.53 Å². The molecule has 2 heterocycles. The molecule has 0 radical (unpaired) electrons. The lowest BCUT2D eigenvalue weighted by atomic mass is 10.1. The SMILES string of the molecule is O=C(CC1COCCN1)NCC1CCCN1Cc1ccccc1. The van der Waals surface area contributed by atoms with Crippen LogP contribution in [0.25, 0.3) is 0 Å². The lowest BCUT2D eigenvalue weighted by molar-refractivity contribution is -0.122. The number of hydrogen-bond donors (Lipinski definition) is 2. The number of carbonyl (C=O) groups excluding carboxylic acids is 1. The van der Waals surface area contributed by atoms with E-state index in [4.69, 9.17) is 4.74 Å². The summed E-state index contributed by atoms with van der Waals surface area (Å²) >= 11 is 0. The van der Waals surface area contributed by atoms with Gasteiger partial charge in [-0.2, -0.15) is 0 Å². The number of hydrogen-bond acceptors (Lipinski definition) is 4. The van der Waals surface area contributed by atoms with Crippen LogP contribution in [0.15, 0.2) is 30.3 Å². The molecule has 0 spiro atoms. The maximum absolute atomic E-state index is 12.1. The third kappa shape index (κ3) is 5.03. The van der Waals surface area contributed by atoms with Crippen LogP contribution in [0.1, 0.15) is 24.8 Å². The Labute approximate surface area is 138 Å². The van der Waals surface area contributed by atoms with E-state index in [1.54, 1.807) is 0 Å². The lowest BCUT2D eigenvalue weighted by Crippen LogP contribution is -2.46. The van der Waals surface area contributed by atoms with Crippen molar-refractivity contribution in [2.24, 2.45) is 0 Å². The van der Waals surface area contributed by atoms with Gasteiger partial charge in [0.05, 0.1) is 13.2 Å². The second-order valence-electron chi connectivity index (χ2n) is 6.49. The van der Waals surface area contributed by atoms with Crippen molar-refractivity contribution >= 4 is 5.91 Å². The van der Waals surface area contributed by atoms with Crippen LogP contribution in [0.4, 0.5) is 0 Å². The van der Waals surface area contributed by atoms with E-state index in [-0.39, 0.29) is 11.9 Å². The Hall–Kier alpha value is -1.43. The summed E-state index contributed by atoms with van der Waals surface area (Å²) in [5, 5.41) is 6.43. The summed E-state index contributed by atoms with van der Waals surface area (Å²) in [4.78, 5) is 14.6. The number of benzene rings is 1. The van der Waals surface area contributed by atoms with Gasteiger partial charge in [-0.15, -0.1) is 0 Å². The van der Waals surface area contributed by atoms with Crippen molar-refractivity contribution in [1.29, 1.82) is 0 Å². The molecule has 2 saturated heterocycles. The predicted octanol–water partition coefficient (Wildman–Crippen LogP) is 1.15. The van der Waals surface area contributed by atoms with E-state index in [1.807, 2.05) is 6.07 Å². The maximum Gasteiger partial charge on any atom is 0.221 e. The van der Waals surface area contributed by atoms with Crippen LogP contribution >= 0.6 is 0 Å². The molecule has 2 fully saturated rings. The van der Waals surface area contributed by atoms with Gasteiger partial charge < -0.3 is 15.4 Å². The second kappa shape index (κ2) is 8.43. The van der Waals surface area contributed by atoms with Crippen molar-refractivity contribution in [3.05, 3.63) is 35.9 Å². The monoisotopic (exact) mass is 317 g/mol. The van der Waals surface area contributed by atoms with Gasteiger partial charge in [0.2, 0.25) is 5.91 Å². The van der Waals surface area contributed by atoms with Crippen LogP contribution in [0.3, 0.4) is 0 Å². The van der Waals surface area contributed by atoms with Crippen molar-refractivity contribution in [3.63, 3.8) is 0 Å². The molecule has 23 heavy (non-hydrogen) atoms. The van der Waals surface area contributed by atoms with Gasteiger partial charge in [0, 0.05) is 38.1 Å². The van der Waals surface area contributed by atoms with E-state index >= 15 is 0 Å². The molecule has 5 nitrogen and oxygen atoms in total. The fourth-order valence-electron chi connectivity index (χ4n) is 3.43. The largest absolute Gasteiger partial charge is 0.378 e. The van der Waals surface area contributed by atoms with Gasteiger partial charge in [0.25, 0.3) is 0 Å². The van der Waals surface area contributed by atoms with Crippen LogP contribution in [0.5, 0.6) is 0 Å². The minimum absolute atomic E-state index is 0.125. The van der Waals surface area contributed by atoms with Gasteiger partial charge in [-0.05, 0) is 24.9 Å². The molecular formula is C18H27N3O2. The van der Waals surface area contributed by atoms with Gasteiger partial charge in [-0.25, -0.2) is 0 Å². The lowest BCUT2D eigenvalue weighted by Gasteiger charge is -2.26. The zero-order valence-corrected chi connectivity index (χ0v) is 13.7. The molecule has 2 N–H and O–H groups in total. The summed E-state index contributed by atoms with van der Waals surface area (Å²) < 4.78 is 5.39. The number of nitrogens with zero attached hydrogens (tertiary/aromatic N) is 1. The Bertz CT molecular complexity index is 488. The summed E-state index contributed by atoms with van der Waals surface area (Å²) in [6.45, 7) is 5.06. The maximum atomic E-state index is 12.1. The van der Waals surface area contributed by atoms with E-state index in [0.717, 1.165) is 39.2 Å². The van der Waals surface area contributed by atoms with Crippen LogP contribution in [-0.4, -0.2) is 55.7 Å². The van der Waals surface area contributed by atoms with Crippen LogP contribution in [0, 0.1) is 0 Å². The first-order valence-corrected chi connectivity index (χ1v) is 8.67. The summed E-state index contributed by atoms with van der Waals surface area (Å²) in [5.74, 6) is 0.125. The van der Waals surface area contributed by atoms with Gasteiger partial charge in [0.15, 0.2) is 0 Å². The van der Waals surface area contributed by atoms with Gasteiger partial charge in [-0.1, -0.05) is 30.3 Å². The van der Waals surface area contributed by atoms with E-state index in [2.05, 4.69) is 39.8 Å². The number of carbonyl (C=O) groups is 1. The molecule has 2 aliphatic heterocycles. The Balaban J connectivity index is 1.42. The average molecular weight is 317 g/mol. The molecule has 1 amide bonds. The number of amides is 1. The summed E-state index contributed by atoms with van der Waals surface area (Å²) in [7, 11) is 0. The first kappa shape index (κ1) is 16.4. The normalized spacial score (nSPS) is 25.4. The number of rotatable bonds is 6. The summed E-state index contributed by atoms with van der Waals surface area (Å²) in [5.41, 5.74) is 1.34. The van der Waals surface area contributed by atoms with Crippen molar-refractivity contribution in [1.82, 2.24) is 15.5 Å². The third-order valence-electron chi connectivity index (χ3n) is 4.69. The summed E-state index contributed by atoms with van der Waals surface area (Å²) in [6.07, 6.45) is 2.88. The highest BCUT2D eigenvalue weighted by Crippen LogP contribution is 2.19. The van der Waals surface area contributed by atoms with Crippen LogP contribution in [-0.2, 0) is 16.1 Å². The number of morpholine rings is 1. The molecule has 2 aliphatic rings. The van der Waals surface area contributed by atoms with Gasteiger partial charge >= 0.3 is 0 Å². The predicted molar refractivity (Wildman–Crippen MR) is 90.1 cm³/mol. The second-order valence-corrected chi connectivity index (χ2v) is 6.49. The fourth-order valence-corrected chi connectivity index (χ4v) is 3.43. The smallest absolute Gasteiger partial charge is 0.221 e. The fraction of sp³-hybridized carbons (Fsp3) is 0.611. The molecule has 1 aromatic rings. The zero-order valence-electron chi connectivity index (χ0n) is 13.7. The van der Waals surface area contributed by atoms with Crippen molar-refractivity contribution in [3.8, 4) is 0 Å². The van der Waals surface area contributed by atoms with Crippen LogP contribution in [0.2, 0.25) is 0 Å². The number of nitrogens with one attached hydrogen (secondary N) is 2. The topological polar surface area (TPSA) is 53.6 Å². The number of ether oxygens (including phenoxy) is 1. The van der Waals surface area contributed by atoms with E-state index in [1.165, 1.54) is 12.0 Å². The Morgan fingerprint density at radius 1 is 1.35 bits per heavy atom. The molecule has 3 rings (SSSR count). The molecule has 0 saturated carbocycles. The van der Waals surface area contributed by atoms with Crippen molar-refractivity contribution in [2.45, 2.75) is 37.9 Å². The molecular weight excluding hydrogens is 290 g/mol. The Morgan fingerprint density at radius 3 is 3.00 bits per heavy atom. The van der Waals surface area contributed by atoms with Crippen LogP contribution < -0.4 is 10.6 Å². The molecule has 2 atom stereocenters. The minimum atomic E-state index is 0.125. The summed E-state index contributed by atoms with van der Waals surface area (Å²) in [6, 6.07) is 11.2. The Morgan fingerprint density at radius 2 is 2.22 bits per heavy atom. The molecule has 126 valence electrons. The first-order chi connectivity index (χ1) is 11.3. The molecule has 2 unspecified atom stereocenters. The molecule has 5 heteroatoms. The van der Waals surface area contributed by atoms with Crippen molar-refractivity contribution in [2.75, 3.05) is 32.8 Å². The molecule has 0 aliphatic carbocycles. The third-order valence-corrected chi connectivity index (χ3v) is 4.69. The first-order valence-electron chi connectivity index (χ1n) is 8.67. The van der Waals surface area contributed by atoms with Gasteiger partial charge in [0.1, 0.15) is 0 Å². The Kier molecular flexibility index (Phi) is 6.02. The highest BCUT2D eigenvalue weighted by atomic mass is 16.5. The average Bonchev–Trinajstić information content (AvgIpc) is 3.02. The molecule has 0 aromatic heterocycles. The molecule has 0 bridgehead atoms. The highest BCUT2D eigenvalue weighted by Gasteiger charge is 2.25. The van der Waals surface area contributed by atoms with E-state index in [9.17, 15) is 4.79 Å². The van der Waals surface area contributed by atoms with E-state index < -0.39 is 0 Å². The zero-order chi connectivity index (χ0) is 15.9. The minimum Gasteiger partial charge on any atom is -0.378 e. The van der Waals surface area contributed by atoms with E-state index in [0.29, 0.717) is 19.1 Å². The number of likely N-dealkylation sites (tertiary alicyclic amines) is 1.